The van der Waals surface area contributed by atoms with Crippen LogP contribution in [0.3, 0.4) is 0 Å². The SMILES string of the molecule is CC(CC1COCCN1)N(CCCO)C1CCC1. The zero-order valence-corrected chi connectivity index (χ0v) is 11.6. The molecular weight excluding hydrogens is 228 g/mol. The third-order valence-electron chi connectivity index (χ3n) is 4.31. The van der Waals surface area contributed by atoms with Crippen LogP contribution in [0.2, 0.25) is 0 Å². The maximum atomic E-state index is 9.03. The van der Waals surface area contributed by atoms with Crippen LogP contribution < -0.4 is 5.32 Å². The number of nitrogens with one attached hydrogen (secondary N) is 1. The van der Waals surface area contributed by atoms with Gasteiger partial charge in [-0.3, -0.25) is 4.90 Å². The Bertz CT molecular complexity index is 228. The van der Waals surface area contributed by atoms with Gasteiger partial charge in [-0.2, -0.15) is 0 Å². The van der Waals surface area contributed by atoms with Crippen LogP contribution in [0, 0.1) is 0 Å². The fourth-order valence-corrected chi connectivity index (χ4v) is 3.05. The van der Waals surface area contributed by atoms with E-state index >= 15 is 0 Å². The molecule has 2 unspecified atom stereocenters. The second-order valence-electron chi connectivity index (χ2n) is 5.71. The molecule has 2 fully saturated rings. The maximum absolute atomic E-state index is 9.03. The van der Waals surface area contributed by atoms with Gasteiger partial charge in [-0.25, -0.2) is 0 Å². The summed E-state index contributed by atoms with van der Waals surface area (Å²) in [6, 6.07) is 1.85. The highest BCUT2D eigenvalue weighted by Gasteiger charge is 2.29. The van der Waals surface area contributed by atoms with Crippen LogP contribution in [0.15, 0.2) is 0 Å². The molecule has 1 saturated heterocycles. The summed E-state index contributed by atoms with van der Waals surface area (Å²) in [5, 5.41) is 12.6. The highest BCUT2D eigenvalue weighted by molar-refractivity contribution is 4.86. The smallest absolute Gasteiger partial charge is 0.0620 e. The Morgan fingerprint density at radius 3 is 2.83 bits per heavy atom. The Morgan fingerprint density at radius 2 is 2.28 bits per heavy atom. The highest BCUT2D eigenvalue weighted by atomic mass is 16.5. The quantitative estimate of drug-likeness (QED) is 0.713. The predicted octanol–water partition coefficient (Wildman–Crippen LogP) is 0.990. The average molecular weight is 256 g/mol. The number of aliphatic hydroxyl groups excluding tert-OH is 1. The fraction of sp³-hybridized carbons (Fsp3) is 1.00. The van der Waals surface area contributed by atoms with E-state index in [1.807, 2.05) is 0 Å². The molecule has 18 heavy (non-hydrogen) atoms. The molecule has 0 spiro atoms. The molecule has 0 radical (unpaired) electrons. The van der Waals surface area contributed by atoms with Gasteiger partial charge in [-0.15, -0.1) is 0 Å². The predicted molar refractivity (Wildman–Crippen MR) is 72.7 cm³/mol. The minimum absolute atomic E-state index is 0.306. The molecule has 0 bridgehead atoms. The Labute approximate surface area is 111 Å². The van der Waals surface area contributed by atoms with Gasteiger partial charge in [0, 0.05) is 37.8 Å². The van der Waals surface area contributed by atoms with Crippen molar-refractivity contribution >= 4 is 0 Å². The molecule has 2 atom stereocenters. The van der Waals surface area contributed by atoms with E-state index in [0.29, 0.717) is 18.7 Å². The van der Waals surface area contributed by atoms with Crippen LogP contribution in [-0.2, 0) is 4.74 Å². The highest BCUT2D eigenvalue weighted by Crippen LogP contribution is 2.27. The molecule has 1 aliphatic carbocycles. The second kappa shape index (κ2) is 7.43. The van der Waals surface area contributed by atoms with Gasteiger partial charge in [0.1, 0.15) is 0 Å². The largest absolute Gasteiger partial charge is 0.396 e. The summed E-state index contributed by atoms with van der Waals surface area (Å²) in [6.07, 6.45) is 6.10. The average Bonchev–Trinajstić information content (AvgIpc) is 2.33. The van der Waals surface area contributed by atoms with Crippen molar-refractivity contribution in [3.63, 3.8) is 0 Å². The van der Waals surface area contributed by atoms with Crippen LogP contribution >= 0.6 is 0 Å². The van der Waals surface area contributed by atoms with Crippen molar-refractivity contribution in [3.8, 4) is 0 Å². The lowest BCUT2D eigenvalue weighted by Gasteiger charge is -2.42. The first-order chi connectivity index (χ1) is 8.81. The molecule has 2 N–H and O–H groups in total. The summed E-state index contributed by atoms with van der Waals surface area (Å²) in [4.78, 5) is 2.61. The summed E-state index contributed by atoms with van der Waals surface area (Å²) in [7, 11) is 0. The maximum Gasteiger partial charge on any atom is 0.0620 e. The lowest BCUT2D eigenvalue weighted by atomic mass is 9.89. The Kier molecular flexibility index (Phi) is 5.89. The van der Waals surface area contributed by atoms with E-state index in [4.69, 9.17) is 9.84 Å². The summed E-state index contributed by atoms with van der Waals surface area (Å²) in [6.45, 7) is 6.35. The summed E-state index contributed by atoms with van der Waals surface area (Å²) in [5.74, 6) is 0. The van der Waals surface area contributed by atoms with E-state index in [2.05, 4.69) is 17.1 Å². The summed E-state index contributed by atoms with van der Waals surface area (Å²) in [5.41, 5.74) is 0. The van der Waals surface area contributed by atoms with Crippen LogP contribution in [0.25, 0.3) is 0 Å². The van der Waals surface area contributed by atoms with Crippen molar-refractivity contribution in [2.24, 2.45) is 0 Å². The first-order valence-electron chi connectivity index (χ1n) is 7.49. The van der Waals surface area contributed by atoms with Crippen molar-refractivity contribution in [2.75, 3.05) is 32.9 Å². The van der Waals surface area contributed by atoms with Gasteiger partial charge in [0.25, 0.3) is 0 Å². The number of hydrogen-bond donors (Lipinski definition) is 2. The van der Waals surface area contributed by atoms with E-state index < -0.39 is 0 Å². The number of nitrogens with zero attached hydrogens (tertiary/aromatic N) is 1. The number of aliphatic hydroxyl groups is 1. The molecule has 106 valence electrons. The molecule has 0 aromatic rings. The van der Waals surface area contributed by atoms with Crippen molar-refractivity contribution < 1.29 is 9.84 Å². The first-order valence-corrected chi connectivity index (χ1v) is 7.49. The molecule has 0 amide bonds. The zero-order valence-electron chi connectivity index (χ0n) is 11.6. The minimum Gasteiger partial charge on any atom is -0.396 e. The second-order valence-corrected chi connectivity index (χ2v) is 5.71. The van der Waals surface area contributed by atoms with E-state index in [1.54, 1.807) is 0 Å². The van der Waals surface area contributed by atoms with Gasteiger partial charge in [0.05, 0.1) is 13.2 Å². The van der Waals surface area contributed by atoms with Gasteiger partial charge in [-0.05, 0) is 32.6 Å². The van der Waals surface area contributed by atoms with Crippen molar-refractivity contribution in [1.82, 2.24) is 10.2 Å². The molecule has 0 aromatic carbocycles. The summed E-state index contributed by atoms with van der Waals surface area (Å²) >= 11 is 0. The molecule has 2 aliphatic rings. The molecular formula is C14H28N2O2. The van der Waals surface area contributed by atoms with Crippen molar-refractivity contribution in [3.05, 3.63) is 0 Å². The molecule has 1 saturated carbocycles. The first kappa shape index (κ1) is 14.3. The van der Waals surface area contributed by atoms with Gasteiger partial charge >= 0.3 is 0 Å². The van der Waals surface area contributed by atoms with Crippen LogP contribution in [-0.4, -0.2) is 61.0 Å². The van der Waals surface area contributed by atoms with Crippen LogP contribution in [0.4, 0.5) is 0 Å². The van der Waals surface area contributed by atoms with Gasteiger partial charge in [0.15, 0.2) is 0 Å². The van der Waals surface area contributed by atoms with Crippen LogP contribution in [0.1, 0.15) is 39.0 Å². The molecule has 1 heterocycles. The summed E-state index contributed by atoms with van der Waals surface area (Å²) < 4.78 is 5.52. The Morgan fingerprint density at radius 1 is 1.44 bits per heavy atom. The van der Waals surface area contributed by atoms with E-state index in [-0.39, 0.29) is 0 Å². The van der Waals surface area contributed by atoms with Crippen molar-refractivity contribution in [1.29, 1.82) is 0 Å². The number of hydrogen-bond acceptors (Lipinski definition) is 4. The lowest BCUT2D eigenvalue weighted by Crippen LogP contribution is -2.50. The Balaban J connectivity index is 1.79. The van der Waals surface area contributed by atoms with Gasteiger partial charge in [0.2, 0.25) is 0 Å². The lowest BCUT2D eigenvalue weighted by molar-refractivity contribution is 0.0392. The number of morpholine rings is 1. The standard InChI is InChI=1S/C14H28N2O2/c1-12(10-13-11-18-9-6-15-13)16(7-3-8-17)14-4-2-5-14/h12-15,17H,2-11H2,1H3. The monoisotopic (exact) mass is 256 g/mol. The fourth-order valence-electron chi connectivity index (χ4n) is 3.05. The third-order valence-corrected chi connectivity index (χ3v) is 4.31. The molecule has 4 nitrogen and oxygen atoms in total. The van der Waals surface area contributed by atoms with Gasteiger partial charge < -0.3 is 15.2 Å². The zero-order chi connectivity index (χ0) is 12.8. The third kappa shape index (κ3) is 3.92. The minimum atomic E-state index is 0.306. The van der Waals surface area contributed by atoms with Gasteiger partial charge in [-0.1, -0.05) is 6.42 Å². The van der Waals surface area contributed by atoms with E-state index in [1.165, 1.54) is 19.3 Å². The molecule has 4 heteroatoms. The number of ether oxygens (including phenoxy) is 1. The van der Waals surface area contributed by atoms with E-state index in [9.17, 15) is 0 Å². The Hall–Kier alpha value is -0.160. The molecule has 1 aliphatic heterocycles. The normalized spacial score (nSPS) is 27.2. The topological polar surface area (TPSA) is 44.7 Å². The molecule has 2 rings (SSSR count). The molecule has 0 aromatic heterocycles. The van der Waals surface area contributed by atoms with E-state index in [0.717, 1.165) is 45.2 Å². The van der Waals surface area contributed by atoms with Crippen LogP contribution in [0.5, 0.6) is 0 Å². The van der Waals surface area contributed by atoms with Crippen molar-refractivity contribution in [2.45, 2.75) is 57.2 Å². The number of rotatable bonds is 7.